The highest BCUT2D eigenvalue weighted by Gasteiger charge is 2.15. The number of aromatic nitrogens is 2. The predicted molar refractivity (Wildman–Crippen MR) is 133 cm³/mol. The van der Waals surface area contributed by atoms with Gasteiger partial charge in [0.25, 0.3) is 0 Å². The molecule has 4 aromatic rings. The Hall–Kier alpha value is -3.77. The zero-order valence-electron chi connectivity index (χ0n) is 19.0. The summed E-state index contributed by atoms with van der Waals surface area (Å²) in [5, 5.41) is 7.36. The summed E-state index contributed by atoms with van der Waals surface area (Å²) in [6.45, 7) is 2.45. The van der Waals surface area contributed by atoms with Gasteiger partial charge in [-0.1, -0.05) is 42.5 Å². The van der Waals surface area contributed by atoms with Crippen molar-refractivity contribution in [2.45, 2.75) is 31.9 Å². The lowest BCUT2D eigenvalue weighted by Gasteiger charge is -2.24. The molecule has 1 amide bonds. The maximum atomic E-state index is 12.6. The van der Waals surface area contributed by atoms with E-state index in [1.165, 1.54) is 0 Å². The number of carbonyl (C=O) groups is 1. The molecule has 172 valence electrons. The molecule has 0 saturated carbocycles. The molecule has 6 heteroatoms. The van der Waals surface area contributed by atoms with E-state index in [1.807, 2.05) is 54.6 Å². The minimum atomic E-state index is -0.0408. The Morgan fingerprint density at radius 3 is 2.76 bits per heavy atom. The number of amides is 1. The van der Waals surface area contributed by atoms with Crippen LogP contribution in [0.3, 0.4) is 0 Å². The van der Waals surface area contributed by atoms with Gasteiger partial charge in [-0.15, -0.1) is 0 Å². The third-order valence-electron chi connectivity index (χ3n) is 6.09. The highest BCUT2D eigenvalue weighted by molar-refractivity contribution is 5.89. The fourth-order valence-corrected chi connectivity index (χ4v) is 4.29. The number of hydrogen-bond donors (Lipinski definition) is 2. The van der Waals surface area contributed by atoms with Gasteiger partial charge in [0.2, 0.25) is 5.91 Å². The fraction of sp³-hybridized carbons (Fsp3) is 0.250. The van der Waals surface area contributed by atoms with Gasteiger partial charge in [0, 0.05) is 29.9 Å². The molecule has 5 rings (SSSR count). The van der Waals surface area contributed by atoms with Gasteiger partial charge in [0.05, 0.1) is 17.6 Å². The van der Waals surface area contributed by atoms with Crippen LogP contribution in [0.15, 0.2) is 79.1 Å². The van der Waals surface area contributed by atoms with Gasteiger partial charge in [-0.05, 0) is 61.3 Å². The average molecular weight is 453 g/mol. The Morgan fingerprint density at radius 1 is 1.03 bits per heavy atom. The molecule has 1 aliphatic heterocycles. The molecule has 2 aromatic carbocycles. The SMILES string of the molecule is O=C(Cc1cccc2ccc(-c3cccc(OC4CCNCC4)c3)nc12)NCc1cccnc1. The van der Waals surface area contributed by atoms with Crippen LogP contribution >= 0.6 is 0 Å². The zero-order chi connectivity index (χ0) is 23.2. The van der Waals surface area contributed by atoms with Crippen LogP contribution < -0.4 is 15.4 Å². The number of piperidine rings is 1. The van der Waals surface area contributed by atoms with E-state index < -0.39 is 0 Å². The number of hydrogen-bond acceptors (Lipinski definition) is 5. The van der Waals surface area contributed by atoms with E-state index in [1.54, 1.807) is 12.4 Å². The van der Waals surface area contributed by atoms with Gasteiger partial charge in [-0.3, -0.25) is 9.78 Å². The van der Waals surface area contributed by atoms with Gasteiger partial charge in [0.15, 0.2) is 0 Å². The van der Waals surface area contributed by atoms with E-state index in [2.05, 4.69) is 27.8 Å². The maximum absolute atomic E-state index is 12.6. The maximum Gasteiger partial charge on any atom is 0.224 e. The molecular formula is C28H28N4O2. The number of pyridine rings is 2. The van der Waals surface area contributed by atoms with Gasteiger partial charge in [-0.25, -0.2) is 4.98 Å². The smallest absolute Gasteiger partial charge is 0.224 e. The number of fused-ring (bicyclic) bond motifs is 1. The lowest BCUT2D eigenvalue weighted by molar-refractivity contribution is -0.120. The first-order chi connectivity index (χ1) is 16.7. The number of nitrogens with one attached hydrogen (secondary N) is 2. The normalized spacial score (nSPS) is 14.1. The second-order valence-corrected chi connectivity index (χ2v) is 8.60. The number of ether oxygens (including phenoxy) is 1. The van der Waals surface area contributed by atoms with Crippen LogP contribution in [0.4, 0.5) is 0 Å². The van der Waals surface area contributed by atoms with Crippen molar-refractivity contribution in [1.29, 1.82) is 0 Å². The second kappa shape index (κ2) is 10.4. The van der Waals surface area contributed by atoms with Crippen LogP contribution in [0.2, 0.25) is 0 Å². The largest absolute Gasteiger partial charge is 0.490 e. The van der Waals surface area contributed by atoms with Crippen LogP contribution in [0, 0.1) is 0 Å². The van der Waals surface area contributed by atoms with Crippen LogP contribution in [-0.4, -0.2) is 35.1 Å². The zero-order valence-corrected chi connectivity index (χ0v) is 19.0. The van der Waals surface area contributed by atoms with Crippen molar-refractivity contribution in [3.05, 3.63) is 90.3 Å². The molecule has 0 radical (unpaired) electrons. The van der Waals surface area contributed by atoms with Crippen molar-refractivity contribution in [1.82, 2.24) is 20.6 Å². The average Bonchev–Trinajstić information content (AvgIpc) is 2.89. The van der Waals surface area contributed by atoms with Crippen LogP contribution in [0.25, 0.3) is 22.2 Å². The van der Waals surface area contributed by atoms with E-state index in [4.69, 9.17) is 9.72 Å². The van der Waals surface area contributed by atoms with Gasteiger partial charge >= 0.3 is 0 Å². The Labute approximate surface area is 199 Å². The summed E-state index contributed by atoms with van der Waals surface area (Å²) in [5.74, 6) is 0.829. The molecule has 1 fully saturated rings. The second-order valence-electron chi connectivity index (χ2n) is 8.60. The molecule has 0 atom stereocenters. The summed E-state index contributed by atoms with van der Waals surface area (Å²) in [6.07, 6.45) is 6.04. The number of para-hydroxylation sites is 1. The van der Waals surface area contributed by atoms with E-state index in [-0.39, 0.29) is 18.4 Å². The summed E-state index contributed by atoms with van der Waals surface area (Å²) >= 11 is 0. The number of benzene rings is 2. The standard InChI is InChI=1S/C28H28N4O2/c33-27(31-19-20-4-3-13-30-18-20)17-23-7-1-5-21-9-10-26(32-28(21)23)22-6-2-8-25(16-22)34-24-11-14-29-15-12-24/h1-10,13,16,18,24,29H,11-12,14-15,17,19H2,(H,31,33). The molecule has 0 unspecified atom stereocenters. The molecule has 0 aliphatic carbocycles. The summed E-state index contributed by atoms with van der Waals surface area (Å²) < 4.78 is 6.22. The molecule has 6 nitrogen and oxygen atoms in total. The molecule has 0 spiro atoms. The fourth-order valence-electron chi connectivity index (χ4n) is 4.29. The van der Waals surface area contributed by atoms with E-state index in [9.17, 15) is 4.79 Å². The minimum Gasteiger partial charge on any atom is -0.490 e. The quantitative estimate of drug-likeness (QED) is 0.438. The third kappa shape index (κ3) is 5.41. The summed E-state index contributed by atoms with van der Waals surface area (Å²) in [7, 11) is 0. The molecule has 3 heterocycles. The van der Waals surface area contributed by atoms with Crippen molar-refractivity contribution in [3.8, 4) is 17.0 Å². The Morgan fingerprint density at radius 2 is 1.91 bits per heavy atom. The number of rotatable bonds is 7. The Kier molecular flexibility index (Phi) is 6.77. The monoisotopic (exact) mass is 452 g/mol. The molecule has 2 N–H and O–H groups in total. The minimum absolute atomic E-state index is 0.0408. The van der Waals surface area contributed by atoms with Crippen molar-refractivity contribution >= 4 is 16.8 Å². The van der Waals surface area contributed by atoms with Crippen molar-refractivity contribution < 1.29 is 9.53 Å². The van der Waals surface area contributed by atoms with Crippen LogP contribution in [0.5, 0.6) is 5.75 Å². The van der Waals surface area contributed by atoms with E-state index in [0.29, 0.717) is 6.54 Å². The van der Waals surface area contributed by atoms with Crippen molar-refractivity contribution in [3.63, 3.8) is 0 Å². The van der Waals surface area contributed by atoms with E-state index in [0.717, 1.165) is 65.0 Å². The lowest BCUT2D eigenvalue weighted by Crippen LogP contribution is -2.34. The number of carbonyl (C=O) groups excluding carboxylic acids is 1. The van der Waals surface area contributed by atoms with E-state index >= 15 is 0 Å². The van der Waals surface area contributed by atoms with Crippen LogP contribution in [-0.2, 0) is 17.8 Å². The highest BCUT2D eigenvalue weighted by atomic mass is 16.5. The van der Waals surface area contributed by atoms with Gasteiger partial charge < -0.3 is 15.4 Å². The van der Waals surface area contributed by atoms with Crippen molar-refractivity contribution in [2.75, 3.05) is 13.1 Å². The highest BCUT2D eigenvalue weighted by Crippen LogP contribution is 2.27. The molecule has 34 heavy (non-hydrogen) atoms. The molecule has 0 bridgehead atoms. The number of nitrogens with zero attached hydrogens (tertiary/aromatic N) is 2. The van der Waals surface area contributed by atoms with Gasteiger partial charge in [0.1, 0.15) is 11.9 Å². The topological polar surface area (TPSA) is 76.1 Å². The van der Waals surface area contributed by atoms with Gasteiger partial charge in [-0.2, -0.15) is 0 Å². The Balaban J connectivity index is 1.34. The third-order valence-corrected chi connectivity index (χ3v) is 6.09. The molecule has 1 saturated heterocycles. The lowest BCUT2D eigenvalue weighted by atomic mass is 10.0. The van der Waals surface area contributed by atoms with Crippen molar-refractivity contribution in [2.24, 2.45) is 0 Å². The predicted octanol–water partition coefficient (Wildman–Crippen LogP) is 4.29. The summed E-state index contributed by atoms with van der Waals surface area (Å²) in [4.78, 5) is 21.7. The van der Waals surface area contributed by atoms with Crippen LogP contribution in [0.1, 0.15) is 24.0 Å². The Bertz CT molecular complexity index is 1270. The summed E-state index contributed by atoms with van der Waals surface area (Å²) in [6, 6.07) is 22.0. The molecule has 1 aliphatic rings. The molecular weight excluding hydrogens is 424 g/mol. The first kappa shape index (κ1) is 22.0. The molecule has 2 aromatic heterocycles. The first-order valence-corrected chi connectivity index (χ1v) is 11.8. The summed E-state index contributed by atoms with van der Waals surface area (Å²) in [5.41, 5.74) is 4.60. The first-order valence-electron chi connectivity index (χ1n) is 11.8.